The molecule has 3 nitrogen and oxygen atoms in total. The summed E-state index contributed by atoms with van der Waals surface area (Å²) in [6, 6.07) is 1.76. The fourth-order valence-corrected chi connectivity index (χ4v) is 1.57. The number of hydrogen-bond donors (Lipinski definition) is 0. The van der Waals surface area contributed by atoms with E-state index < -0.39 is 15.0 Å². The molecular weight excluding hydrogens is 162 g/mol. The van der Waals surface area contributed by atoms with Gasteiger partial charge in [-0.05, 0) is 6.92 Å². The maximum atomic E-state index is 10.2. The lowest BCUT2D eigenvalue weighted by molar-refractivity contribution is 0.603. The molecule has 0 heterocycles. The van der Waals surface area contributed by atoms with Crippen LogP contribution in [0.2, 0.25) is 0 Å². The van der Waals surface area contributed by atoms with Crippen molar-refractivity contribution in [1.29, 1.82) is 5.26 Å². The molecular formula is C4H6ClNO2S. The predicted molar refractivity (Wildman–Crippen MR) is 34.4 cm³/mol. The molecule has 5 heteroatoms. The van der Waals surface area contributed by atoms with Crippen molar-refractivity contribution in [3.8, 4) is 6.07 Å². The van der Waals surface area contributed by atoms with Crippen molar-refractivity contribution in [2.45, 2.75) is 6.92 Å². The van der Waals surface area contributed by atoms with Gasteiger partial charge in [0.05, 0.1) is 17.7 Å². The molecule has 52 valence electrons. The van der Waals surface area contributed by atoms with E-state index in [-0.39, 0.29) is 5.75 Å². The first-order valence-electron chi connectivity index (χ1n) is 2.27. The first-order chi connectivity index (χ1) is 3.95. The third-order valence-electron chi connectivity index (χ3n) is 0.669. The van der Waals surface area contributed by atoms with Crippen molar-refractivity contribution >= 4 is 19.7 Å². The van der Waals surface area contributed by atoms with Gasteiger partial charge in [-0.3, -0.25) is 0 Å². The van der Waals surface area contributed by atoms with Crippen molar-refractivity contribution in [3.63, 3.8) is 0 Å². The normalized spacial score (nSPS) is 14.3. The predicted octanol–water partition coefficient (Wildman–Crippen LogP) is 0.715. The van der Waals surface area contributed by atoms with Crippen LogP contribution in [0.15, 0.2) is 0 Å². The van der Waals surface area contributed by atoms with Gasteiger partial charge in [-0.2, -0.15) is 5.26 Å². The molecule has 0 aliphatic heterocycles. The molecule has 0 saturated carbocycles. The Morgan fingerprint density at radius 3 is 2.33 bits per heavy atom. The first kappa shape index (κ1) is 8.73. The maximum Gasteiger partial charge on any atom is 0.233 e. The second kappa shape index (κ2) is 3.04. The first-order valence-corrected chi connectivity index (χ1v) is 4.75. The summed E-state index contributed by atoms with van der Waals surface area (Å²) >= 11 is 0. The second-order valence-electron chi connectivity index (χ2n) is 1.74. The average molecular weight is 168 g/mol. The lowest BCUT2D eigenvalue weighted by atomic mass is 10.3. The minimum absolute atomic E-state index is 0.273. The van der Waals surface area contributed by atoms with E-state index in [1.165, 1.54) is 6.92 Å². The van der Waals surface area contributed by atoms with Gasteiger partial charge < -0.3 is 0 Å². The summed E-state index contributed by atoms with van der Waals surface area (Å²) in [6.07, 6.45) is 0. The van der Waals surface area contributed by atoms with Crippen LogP contribution >= 0.6 is 10.7 Å². The summed E-state index contributed by atoms with van der Waals surface area (Å²) in [4.78, 5) is 0. The van der Waals surface area contributed by atoms with Gasteiger partial charge in [0.15, 0.2) is 0 Å². The van der Waals surface area contributed by atoms with Gasteiger partial charge in [-0.1, -0.05) is 0 Å². The molecule has 0 aromatic rings. The van der Waals surface area contributed by atoms with Crippen molar-refractivity contribution in [2.24, 2.45) is 5.92 Å². The van der Waals surface area contributed by atoms with E-state index in [1.54, 1.807) is 6.07 Å². The van der Waals surface area contributed by atoms with Crippen molar-refractivity contribution in [1.82, 2.24) is 0 Å². The van der Waals surface area contributed by atoms with Gasteiger partial charge in [-0.25, -0.2) is 8.42 Å². The number of halogens is 1. The summed E-state index contributed by atoms with van der Waals surface area (Å²) in [5.74, 6) is -0.794. The average Bonchev–Trinajstić information content (AvgIpc) is 1.62. The highest BCUT2D eigenvalue weighted by atomic mass is 35.7. The van der Waals surface area contributed by atoms with Crippen LogP contribution < -0.4 is 0 Å². The number of rotatable bonds is 2. The fraction of sp³-hybridized carbons (Fsp3) is 0.750. The molecule has 0 aromatic carbocycles. The Hall–Kier alpha value is -0.270. The molecule has 0 amide bonds. The summed E-state index contributed by atoms with van der Waals surface area (Å²) in [7, 11) is 1.34. The SMILES string of the molecule is CC(C#N)CS(=O)(=O)Cl. The molecule has 0 aliphatic carbocycles. The highest BCUT2D eigenvalue weighted by Crippen LogP contribution is 2.03. The van der Waals surface area contributed by atoms with Gasteiger partial charge in [0.1, 0.15) is 0 Å². The molecule has 0 saturated heterocycles. The largest absolute Gasteiger partial charge is 0.233 e. The smallest absolute Gasteiger partial charge is 0.212 e. The Balaban J connectivity index is 3.94. The van der Waals surface area contributed by atoms with Crippen LogP contribution in [0.3, 0.4) is 0 Å². The number of nitrogens with zero attached hydrogens (tertiary/aromatic N) is 1. The molecule has 0 bridgehead atoms. The van der Waals surface area contributed by atoms with E-state index in [0.717, 1.165) is 0 Å². The summed E-state index contributed by atoms with van der Waals surface area (Å²) < 4.78 is 20.4. The minimum atomic E-state index is -3.49. The van der Waals surface area contributed by atoms with Crippen LogP contribution in [0.1, 0.15) is 6.92 Å². The molecule has 0 aromatic heterocycles. The van der Waals surface area contributed by atoms with Crippen molar-refractivity contribution in [2.75, 3.05) is 5.75 Å². The van der Waals surface area contributed by atoms with E-state index >= 15 is 0 Å². The van der Waals surface area contributed by atoms with Gasteiger partial charge in [0.25, 0.3) is 0 Å². The fourth-order valence-electron chi connectivity index (χ4n) is 0.336. The molecule has 1 unspecified atom stereocenters. The quantitative estimate of drug-likeness (QED) is 0.570. The van der Waals surface area contributed by atoms with Crippen LogP contribution in [-0.2, 0) is 9.05 Å². The lowest BCUT2D eigenvalue weighted by Gasteiger charge is -1.94. The van der Waals surface area contributed by atoms with Gasteiger partial charge >= 0.3 is 0 Å². The van der Waals surface area contributed by atoms with E-state index in [2.05, 4.69) is 0 Å². The zero-order chi connectivity index (χ0) is 7.49. The Morgan fingerprint density at radius 1 is 1.78 bits per heavy atom. The zero-order valence-electron chi connectivity index (χ0n) is 4.83. The maximum absolute atomic E-state index is 10.2. The molecule has 0 rings (SSSR count). The van der Waals surface area contributed by atoms with Gasteiger partial charge in [0, 0.05) is 10.7 Å². The Morgan fingerprint density at radius 2 is 2.22 bits per heavy atom. The Labute approximate surface area is 58.7 Å². The van der Waals surface area contributed by atoms with Crippen LogP contribution in [-0.4, -0.2) is 14.2 Å². The molecule has 9 heavy (non-hydrogen) atoms. The molecule has 1 atom stereocenters. The van der Waals surface area contributed by atoms with Crippen LogP contribution in [0.25, 0.3) is 0 Å². The molecule has 0 spiro atoms. The van der Waals surface area contributed by atoms with E-state index in [1.807, 2.05) is 0 Å². The van der Waals surface area contributed by atoms with E-state index in [9.17, 15) is 8.42 Å². The number of nitriles is 1. The van der Waals surface area contributed by atoms with Crippen LogP contribution in [0, 0.1) is 17.2 Å². The molecule has 0 aliphatic rings. The summed E-state index contributed by atoms with van der Waals surface area (Å²) in [6.45, 7) is 1.50. The minimum Gasteiger partial charge on any atom is -0.212 e. The van der Waals surface area contributed by atoms with Gasteiger partial charge in [-0.15, -0.1) is 0 Å². The van der Waals surface area contributed by atoms with E-state index in [4.69, 9.17) is 15.9 Å². The van der Waals surface area contributed by atoms with Crippen LogP contribution in [0.4, 0.5) is 0 Å². The van der Waals surface area contributed by atoms with Crippen LogP contribution in [0.5, 0.6) is 0 Å². The highest BCUT2D eigenvalue weighted by Gasteiger charge is 2.10. The molecule has 0 fully saturated rings. The third kappa shape index (κ3) is 5.60. The zero-order valence-corrected chi connectivity index (χ0v) is 6.41. The summed E-state index contributed by atoms with van der Waals surface area (Å²) in [5, 5.41) is 8.13. The topological polar surface area (TPSA) is 57.9 Å². The molecule has 0 N–H and O–H groups in total. The standard InChI is InChI=1S/C4H6ClNO2S/c1-4(2-6)3-9(5,7)8/h4H,3H2,1H3. The monoisotopic (exact) mass is 167 g/mol. The number of hydrogen-bond acceptors (Lipinski definition) is 3. The second-order valence-corrected chi connectivity index (χ2v) is 4.56. The van der Waals surface area contributed by atoms with Crippen molar-refractivity contribution in [3.05, 3.63) is 0 Å². The molecule has 0 radical (unpaired) electrons. The lowest BCUT2D eigenvalue weighted by Crippen LogP contribution is -2.05. The highest BCUT2D eigenvalue weighted by molar-refractivity contribution is 8.13. The third-order valence-corrected chi connectivity index (χ3v) is 1.95. The Bertz CT molecular complexity index is 215. The summed E-state index contributed by atoms with van der Waals surface area (Å²) in [5.41, 5.74) is 0. The Kier molecular flexibility index (Phi) is 2.95. The van der Waals surface area contributed by atoms with E-state index in [0.29, 0.717) is 0 Å². The van der Waals surface area contributed by atoms with Crippen molar-refractivity contribution < 1.29 is 8.42 Å². The van der Waals surface area contributed by atoms with Gasteiger partial charge in [0.2, 0.25) is 9.05 Å².